The minimum Gasteiger partial charge on any atom is -0.497 e. The van der Waals surface area contributed by atoms with Gasteiger partial charge in [-0.15, -0.1) is 0 Å². The first kappa shape index (κ1) is 16.6. The van der Waals surface area contributed by atoms with Gasteiger partial charge in [0.25, 0.3) is 5.91 Å². The summed E-state index contributed by atoms with van der Waals surface area (Å²) in [7, 11) is 3.13. The van der Waals surface area contributed by atoms with Crippen molar-refractivity contribution < 1.29 is 14.3 Å². The van der Waals surface area contributed by atoms with Gasteiger partial charge in [0.2, 0.25) is 0 Å². The number of ether oxygens (including phenoxy) is 2. The lowest BCUT2D eigenvalue weighted by Crippen LogP contribution is -2.16. The van der Waals surface area contributed by atoms with E-state index in [-0.39, 0.29) is 5.91 Å². The fraction of sp³-hybridized carbons (Fsp3) is 0.158. The van der Waals surface area contributed by atoms with Gasteiger partial charge in [-0.3, -0.25) is 9.78 Å². The van der Waals surface area contributed by atoms with Crippen LogP contribution >= 0.6 is 0 Å². The summed E-state index contributed by atoms with van der Waals surface area (Å²) in [5.74, 6) is 0.977. The molecule has 3 rings (SSSR count). The zero-order valence-corrected chi connectivity index (χ0v) is 14.3. The van der Waals surface area contributed by atoms with Gasteiger partial charge < -0.3 is 19.4 Å². The number of aryl methyl sites for hydroxylation is 1. The Morgan fingerprint density at radius 3 is 2.44 bits per heavy atom. The summed E-state index contributed by atoms with van der Waals surface area (Å²) < 4.78 is 12.3. The predicted octanol–water partition coefficient (Wildman–Crippen LogP) is 3.45. The van der Waals surface area contributed by atoms with Crippen molar-refractivity contribution in [1.82, 2.24) is 9.55 Å². The van der Waals surface area contributed by atoms with Crippen LogP contribution in [0.1, 0.15) is 16.2 Å². The van der Waals surface area contributed by atoms with Crippen LogP contribution in [0.2, 0.25) is 0 Å². The number of amides is 1. The molecule has 0 aliphatic rings. The third kappa shape index (κ3) is 3.47. The Hall–Kier alpha value is -3.28. The fourth-order valence-electron chi connectivity index (χ4n) is 2.58. The van der Waals surface area contributed by atoms with Gasteiger partial charge in [0, 0.05) is 36.3 Å². The highest BCUT2D eigenvalue weighted by Crippen LogP contribution is 2.26. The van der Waals surface area contributed by atoms with Crippen LogP contribution in [0, 0.1) is 6.92 Å². The summed E-state index contributed by atoms with van der Waals surface area (Å²) in [4.78, 5) is 17.0. The van der Waals surface area contributed by atoms with E-state index in [1.54, 1.807) is 44.7 Å². The SMILES string of the molecule is COc1cc(NC(=O)c2cccn2-c2cccnc2C)cc(OC)c1. The smallest absolute Gasteiger partial charge is 0.272 e. The summed E-state index contributed by atoms with van der Waals surface area (Å²) in [5.41, 5.74) is 2.81. The van der Waals surface area contributed by atoms with E-state index >= 15 is 0 Å². The van der Waals surface area contributed by atoms with E-state index in [1.165, 1.54) is 0 Å². The van der Waals surface area contributed by atoms with E-state index in [4.69, 9.17) is 9.47 Å². The molecule has 0 aliphatic carbocycles. The van der Waals surface area contributed by atoms with Gasteiger partial charge in [0.1, 0.15) is 17.2 Å². The average Bonchev–Trinajstić information content (AvgIpc) is 3.11. The number of carbonyl (C=O) groups excluding carboxylic acids is 1. The highest BCUT2D eigenvalue weighted by molar-refractivity contribution is 6.03. The van der Waals surface area contributed by atoms with Crippen molar-refractivity contribution in [3.63, 3.8) is 0 Å². The quantitative estimate of drug-likeness (QED) is 0.774. The number of benzene rings is 1. The van der Waals surface area contributed by atoms with Crippen LogP contribution in [0.3, 0.4) is 0 Å². The first-order valence-electron chi connectivity index (χ1n) is 7.76. The molecule has 6 heteroatoms. The molecule has 0 aliphatic heterocycles. The van der Waals surface area contributed by atoms with Crippen molar-refractivity contribution in [2.75, 3.05) is 19.5 Å². The van der Waals surface area contributed by atoms with Crippen LogP contribution < -0.4 is 14.8 Å². The fourth-order valence-corrected chi connectivity index (χ4v) is 2.58. The molecule has 0 saturated carbocycles. The number of nitrogens with zero attached hydrogens (tertiary/aromatic N) is 2. The molecule has 25 heavy (non-hydrogen) atoms. The number of pyridine rings is 1. The van der Waals surface area contributed by atoms with Gasteiger partial charge in [0.15, 0.2) is 0 Å². The van der Waals surface area contributed by atoms with E-state index in [0.29, 0.717) is 22.9 Å². The normalized spacial score (nSPS) is 10.4. The molecule has 1 aromatic carbocycles. The summed E-state index contributed by atoms with van der Waals surface area (Å²) in [6.45, 7) is 1.91. The molecule has 0 fully saturated rings. The molecular formula is C19H19N3O3. The van der Waals surface area contributed by atoms with Gasteiger partial charge in [-0.2, -0.15) is 0 Å². The summed E-state index contributed by atoms with van der Waals surface area (Å²) in [5, 5.41) is 2.88. The second kappa shape index (κ2) is 7.09. The minimum absolute atomic E-state index is 0.233. The maximum Gasteiger partial charge on any atom is 0.272 e. The first-order valence-corrected chi connectivity index (χ1v) is 7.76. The molecule has 6 nitrogen and oxygen atoms in total. The largest absolute Gasteiger partial charge is 0.497 e. The Labute approximate surface area is 146 Å². The van der Waals surface area contributed by atoms with Crippen molar-refractivity contribution >= 4 is 11.6 Å². The number of anilines is 1. The van der Waals surface area contributed by atoms with Gasteiger partial charge in [-0.25, -0.2) is 0 Å². The Bertz CT molecular complexity index is 880. The van der Waals surface area contributed by atoms with Gasteiger partial charge in [-0.1, -0.05) is 0 Å². The molecule has 0 spiro atoms. The Morgan fingerprint density at radius 2 is 1.80 bits per heavy atom. The number of nitrogens with one attached hydrogen (secondary N) is 1. The molecule has 0 atom stereocenters. The van der Waals surface area contributed by atoms with Crippen molar-refractivity contribution in [2.24, 2.45) is 0 Å². The molecule has 2 aromatic heterocycles. The topological polar surface area (TPSA) is 65.4 Å². The Morgan fingerprint density at radius 1 is 1.08 bits per heavy atom. The zero-order chi connectivity index (χ0) is 17.8. The molecule has 0 radical (unpaired) electrons. The number of hydrogen-bond acceptors (Lipinski definition) is 4. The second-order valence-electron chi connectivity index (χ2n) is 5.43. The van der Waals surface area contributed by atoms with Gasteiger partial charge in [0.05, 0.1) is 25.6 Å². The van der Waals surface area contributed by atoms with Crippen LogP contribution in [0.15, 0.2) is 54.9 Å². The molecule has 128 valence electrons. The summed E-state index contributed by atoms with van der Waals surface area (Å²) in [6.07, 6.45) is 3.57. The van der Waals surface area contributed by atoms with E-state index in [0.717, 1.165) is 11.4 Å². The Kier molecular flexibility index (Phi) is 4.70. The lowest BCUT2D eigenvalue weighted by Gasteiger charge is -2.13. The molecule has 3 aromatic rings. The number of carbonyl (C=O) groups is 1. The highest BCUT2D eigenvalue weighted by atomic mass is 16.5. The molecule has 1 amide bonds. The third-order valence-electron chi connectivity index (χ3n) is 3.83. The number of aromatic nitrogens is 2. The number of hydrogen-bond donors (Lipinski definition) is 1. The maximum absolute atomic E-state index is 12.7. The van der Waals surface area contributed by atoms with Crippen molar-refractivity contribution in [2.45, 2.75) is 6.92 Å². The van der Waals surface area contributed by atoms with Crippen LogP contribution in [-0.2, 0) is 0 Å². The molecule has 0 unspecified atom stereocenters. The van der Waals surface area contributed by atoms with Crippen LogP contribution in [-0.4, -0.2) is 29.7 Å². The van der Waals surface area contributed by atoms with E-state index < -0.39 is 0 Å². The monoisotopic (exact) mass is 337 g/mol. The molecule has 1 N–H and O–H groups in total. The molecule has 2 heterocycles. The molecule has 0 bridgehead atoms. The van der Waals surface area contributed by atoms with E-state index in [9.17, 15) is 4.79 Å². The van der Waals surface area contributed by atoms with Gasteiger partial charge in [-0.05, 0) is 31.2 Å². The third-order valence-corrected chi connectivity index (χ3v) is 3.83. The number of methoxy groups -OCH3 is 2. The van der Waals surface area contributed by atoms with Crippen molar-refractivity contribution in [1.29, 1.82) is 0 Å². The van der Waals surface area contributed by atoms with E-state index in [1.807, 2.05) is 35.9 Å². The van der Waals surface area contributed by atoms with Crippen molar-refractivity contribution in [3.8, 4) is 17.2 Å². The van der Waals surface area contributed by atoms with Crippen LogP contribution in [0.4, 0.5) is 5.69 Å². The van der Waals surface area contributed by atoms with Gasteiger partial charge >= 0.3 is 0 Å². The highest BCUT2D eigenvalue weighted by Gasteiger charge is 2.14. The standard InChI is InChI=1S/C19H19N3O3/c1-13-17(6-4-8-20-13)22-9-5-7-18(22)19(23)21-14-10-15(24-2)12-16(11-14)25-3/h4-12H,1-3H3,(H,21,23). The van der Waals surface area contributed by atoms with E-state index in [2.05, 4.69) is 10.3 Å². The zero-order valence-electron chi connectivity index (χ0n) is 14.3. The minimum atomic E-state index is -0.233. The predicted molar refractivity (Wildman–Crippen MR) is 95.8 cm³/mol. The average molecular weight is 337 g/mol. The van der Waals surface area contributed by atoms with Crippen LogP contribution in [0.25, 0.3) is 5.69 Å². The number of rotatable bonds is 5. The van der Waals surface area contributed by atoms with Crippen LogP contribution in [0.5, 0.6) is 11.5 Å². The second-order valence-corrected chi connectivity index (χ2v) is 5.43. The lowest BCUT2D eigenvalue weighted by atomic mass is 10.2. The summed E-state index contributed by atoms with van der Waals surface area (Å²) >= 11 is 0. The molecule has 0 saturated heterocycles. The van der Waals surface area contributed by atoms with Crippen molar-refractivity contribution in [3.05, 3.63) is 66.2 Å². The molecular weight excluding hydrogens is 318 g/mol. The lowest BCUT2D eigenvalue weighted by molar-refractivity contribution is 0.102. The first-order chi connectivity index (χ1) is 12.1. The Balaban J connectivity index is 1.91. The maximum atomic E-state index is 12.7. The summed E-state index contributed by atoms with van der Waals surface area (Å²) in [6, 6.07) is 12.6.